The van der Waals surface area contributed by atoms with Crippen LogP contribution in [0.5, 0.6) is 0 Å². The summed E-state index contributed by atoms with van der Waals surface area (Å²) in [6, 6.07) is 1.94. The first-order valence-corrected chi connectivity index (χ1v) is 3.79. The second-order valence-corrected chi connectivity index (χ2v) is 2.43. The zero-order valence-electron chi connectivity index (χ0n) is 6.50. The van der Waals surface area contributed by atoms with E-state index in [1.807, 2.05) is 6.07 Å². The van der Waals surface area contributed by atoms with Gasteiger partial charge in [0.1, 0.15) is 5.76 Å². The number of aromatic nitrogens is 1. The quantitative estimate of drug-likeness (QED) is 0.643. The van der Waals surface area contributed by atoms with E-state index in [4.69, 9.17) is 4.52 Å². The highest BCUT2D eigenvalue weighted by atomic mass is 16.5. The van der Waals surface area contributed by atoms with Gasteiger partial charge >= 0.3 is 0 Å². The monoisotopic (exact) mass is 139 g/mol. The molecule has 56 valence electrons. The highest BCUT2D eigenvalue weighted by molar-refractivity contribution is 5.00. The third kappa shape index (κ3) is 1.38. The van der Waals surface area contributed by atoms with E-state index in [2.05, 4.69) is 19.0 Å². The molecule has 0 aliphatic carbocycles. The van der Waals surface area contributed by atoms with E-state index in [0.29, 0.717) is 5.92 Å². The first-order chi connectivity index (χ1) is 4.88. The van der Waals surface area contributed by atoms with Gasteiger partial charge in [0.2, 0.25) is 0 Å². The largest absolute Gasteiger partial charge is 0.361 e. The second-order valence-electron chi connectivity index (χ2n) is 2.43. The summed E-state index contributed by atoms with van der Waals surface area (Å²) in [6.45, 7) is 4.33. The lowest BCUT2D eigenvalue weighted by Crippen LogP contribution is -1.91. The number of rotatable bonds is 3. The molecule has 0 spiro atoms. The lowest BCUT2D eigenvalue weighted by atomic mass is 10.0. The van der Waals surface area contributed by atoms with Gasteiger partial charge in [-0.2, -0.15) is 0 Å². The highest BCUT2D eigenvalue weighted by Crippen LogP contribution is 2.21. The first kappa shape index (κ1) is 7.32. The van der Waals surface area contributed by atoms with Crippen LogP contribution in [0, 0.1) is 0 Å². The minimum absolute atomic E-state index is 0.558. The van der Waals surface area contributed by atoms with Crippen molar-refractivity contribution in [2.75, 3.05) is 0 Å². The van der Waals surface area contributed by atoms with Crippen LogP contribution in [0.25, 0.3) is 0 Å². The van der Waals surface area contributed by atoms with E-state index in [-0.39, 0.29) is 0 Å². The molecule has 0 saturated carbocycles. The van der Waals surface area contributed by atoms with Crippen molar-refractivity contribution in [2.45, 2.75) is 32.6 Å². The smallest absolute Gasteiger partial charge is 0.139 e. The molecule has 1 rings (SSSR count). The van der Waals surface area contributed by atoms with E-state index >= 15 is 0 Å². The van der Waals surface area contributed by atoms with Gasteiger partial charge in [-0.25, -0.2) is 0 Å². The Morgan fingerprint density at radius 2 is 2.20 bits per heavy atom. The van der Waals surface area contributed by atoms with Gasteiger partial charge in [0.15, 0.2) is 0 Å². The molecule has 2 heteroatoms. The van der Waals surface area contributed by atoms with E-state index in [1.165, 1.54) is 0 Å². The molecule has 0 fully saturated rings. The molecular weight excluding hydrogens is 126 g/mol. The average Bonchev–Trinajstić information content (AvgIpc) is 2.43. The van der Waals surface area contributed by atoms with Gasteiger partial charge in [-0.15, -0.1) is 0 Å². The zero-order chi connectivity index (χ0) is 7.40. The van der Waals surface area contributed by atoms with Crippen LogP contribution in [0.1, 0.15) is 38.4 Å². The van der Waals surface area contributed by atoms with Gasteiger partial charge in [-0.1, -0.05) is 19.0 Å². The molecule has 2 nitrogen and oxygen atoms in total. The maximum absolute atomic E-state index is 5.03. The zero-order valence-corrected chi connectivity index (χ0v) is 6.50. The SMILES string of the molecule is CCC(CC)c1ccno1. The number of nitrogens with zero attached hydrogens (tertiary/aromatic N) is 1. The molecule has 0 radical (unpaired) electrons. The lowest BCUT2D eigenvalue weighted by Gasteiger charge is -2.05. The van der Waals surface area contributed by atoms with Crippen LogP contribution in [0.2, 0.25) is 0 Å². The molecule has 1 heterocycles. The van der Waals surface area contributed by atoms with Crippen LogP contribution in [0.3, 0.4) is 0 Å². The van der Waals surface area contributed by atoms with Crippen LogP contribution >= 0.6 is 0 Å². The summed E-state index contributed by atoms with van der Waals surface area (Å²) in [7, 11) is 0. The van der Waals surface area contributed by atoms with Crippen LogP contribution in [-0.2, 0) is 0 Å². The Morgan fingerprint density at radius 1 is 1.50 bits per heavy atom. The molecule has 1 aromatic rings. The Labute approximate surface area is 61.2 Å². The van der Waals surface area contributed by atoms with E-state index in [0.717, 1.165) is 18.6 Å². The van der Waals surface area contributed by atoms with Crippen LogP contribution in [-0.4, -0.2) is 5.16 Å². The fourth-order valence-electron chi connectivity index (χ4n) is 1.13. The summed E-state index contributed by atoms with van der Waals surface area (Å²) in [4.78, 5) is 0. The molecule has 0 aliphatic heterocycles. The molecule has 0 atom stereocenters. The Hall–Kier alpha value is -0.790. The van der Waals surface area contributed by atoms with Gasteiger partial charge < -0.3 is 4.52 Å². The maximum atomic E-state index is 5.03. The summed E-state index contributed by atoms with van der Waals surface area (Å²) in [5.41, 5.74) is 0. The van der Waals surface area contributed by atoms with E-state index in [9.17, 15) is 0 Å². The van der Waals surface area contributed by atoms with Crippen molar-refractivity contribution in [3.05, 3.63) is 18.0 Å². The van der Waals surface area contributed by atoms with Crippen molar-refractivity contribution in [1.29, 1.82) is 0 Å². The first-order valence-electron chi connectivity index (χ1n) is 3.79. The molecule has 10 heavy (non-hydrogen) atoms. The maximum Gasteiger partial charge on any atom is 0.139 e. The number of hydrogen-bond donors (Lipinski definition) is 0. The Bertz CT molecular complexity index is 165. The van der Waals surface area contributed by atoms with Crippen molar-refractivity contribution in [3.8, 4) is 0 Å². The minimum Gasteiger partial charge on any atom is -0.361 e. The third-order valence-corrected chi connectivity index (χ3v) is 1.85. The molecule has 0 aliphatic rings. The van der Waals surface area contributed by atoms with Crippen molar-refractivity contribution < 1.29 is 4.52 Å². The Morgan fingerprint density at radius 3 is 2.60 bits per heavy atom. The lowest BCUT2D eigenvalue weighted by molar-refractivity contribution is 0.353. The normalized spacial score (nSPS) is 10.7. The third-order valence-electron chi connectivity index (χ3n) is 1.85. The fraction of sp³-hybridized carbons (Fsp3) is 0.625. The minimum atomic E-state index is 0.558. The van der Waals surface area contributed by atoms with E-state index in [1.54, 1.807) is 6.20 Å². The molecule has 0 amide bonds. The molecule has 0 N–H and O–H groups in total. The fourth-order valence-corrected chi connectivity index (χ4v) is 1.13. The standard InChI is InChI=1S/C8H13NO/c1-3-7(4-2)8-5-6-9-10-8/h5-7H,3-4H2,1-2H3. The number of hydrogen-bond acceptors (Lipinski definition) is 2. The molecule has 0 saturated heterocycles. The predicted octanol–water partition coefficient (Wildman–Crippen LogP) is 2.58. The van der Waals surface area contributed by atoms with Crippen molar-refractivity contribution in [1.82, 2.24) is 5.16 Å². The summed E-state index contributed by atoms with van der Waals surface area (Å²) < 4.78 is 5.03. The van der Waals surface area contributed by atoms with Crippen LogP contribution in [0.4, 0.5) is 0 Å². The summed E-state index contributed by atoms with van der Waals surface area (Å²) in [5, 5.41) is 3.66. The summed E-state index contributed by atoms with van der Waals surface area (Å²) in [5.74, 6) is 1.58. The second kappa shape index (κ2) is 3.40. The molecule has 1 aromatic heterocycles. The molecular formula is C8H13NO. The van der Waals surface area contributed by atoms with Gasteiger partial charge in [-0.05, 0) is 12.8 Å². The van der Waals surface area contributed by atoms with Gasteiger partial charge in [0, 0.05) is 12.0 Å². The molecule has 0 unspecified atom stereocenters. The van der Waals surface area contributed by atoms with Gasteiger partial charge in [0.25, 0.3) is 0 Å². The highest BCUT2D eigenvalue weighted by Gasteiger charge is 2.09. The predicted molar refractivity (Wildman–Crippen MR) is 39.8 cm³/mol. The van der Waals surface area contributed by atoms with Gasteiger partial charge in [0.05, 0.1) is 6.20 Å². The van der Waals surface area contributed by atoms with Crippen LogP contribution in [0.15, 0.2) is 16.8 Å². The summed E-state index contributed by atoms with van der Waals surface area (Å²) >= 11 is 0. The van der Waals surface area contributed by atoms with Crippen molar-refractivity contribution in [3.63, 3.8) is 0 Å². The van der Waals surface area contributed by atoms with Crippen LogP contribution < -0.4 is 0 Å². The summed E-state index contributed by atoms with van der Waals surface area (Å²) in [6.07, 6.45) is 3.96. The molecule has 0 aromatic carbocycles. The van der Waals surface area contributed by atoms with Crippen molar-refractivity contribution in [2.24, 2.45) is 0 Å². The Kier molecular flexibility index (Phi) is 2.49. The Balaban J connectivity index is 2.64. The van der Waals surface area contributed by atoms with Gasteiger partial charge in [-0.3, -0.25) is 0 Å². The molecule has 0 bridgehead atoms. The van der Waals surface area contributed by atoms with Crippen molar-refractivity contribution >= 4 is 0 Å². The average molecular weight is 139 g/mol. The topological polar surface area (TPSA) is 26.0 Å². The van der Waals surface area contributed by atoms with E-state index < -0.39 is 0 Å².